The zero-order valence-corrected chi connectivity index (χ0v) is 50.8. The first-order chi connectivity index (χ1) is 38.7. The molecule has 7 unspecified atom stereocenters. The van der Waals surface area contributed by atoms with E-state index in [1.165, 1.54) is 205 Å². The van der Waals surface area contributed by atoms with Gasteiger partial charge in [0.2, 0.25) is 5.91 Å². The number of aliphatic hydroxyl groups excluding tert-OH is 5. The molecule has 460 valence electrons. The lowest BCUT2D eigenvalue weighted by molar-refractivity contribution is -0.302. The molecule has 1 heterocycles. The second kappa shape index (κ2) is 57.2. The lowest BCUT2D eigenvalue weighted by Crippen LogP contribution is -2.60. The van der Waals surface area contributed by atoms with Crippen molar-refractivity contribution < 1.29 is 49.3 Å². The fourth-order valence-corrected chi connectivity index (χ4v) is 10.2. The predicted molar refractivity (Wildman–Crippen MR) is 329 cm³/mol. The molecule has 11 nitrogen and oxygen atoms in total. The summed E-state index contributed by atoms with van der Waals surface area (Å²) in [4.78, 5) is 25.1. The largest absolute Gasteiger partial charge is 0.466 e. The van der Waals surface area contributed by atoms with E-state index in [9.17, 15) is 35.1 Å². The SMILES string of the molecule is C/C=C/CC/C=C/CC/C=C/C(O)C(COC1OC(CO)C(O)C(O)C1O)NC(=O)CCCCCCCCCCCCCC/C=C\CCCCCCCCCCCCCCOC(=O)CCCCCCC/C=C\CCCCCCC. The van der Waals surface area contributed by atoms with Gasteiger partial charge in [0, 0.05) is 12.8 Å². The molecule has 11 heteroatoms. The minimum Gasteiger partial charge on any atom is -0.466 e. The van der Waals surface area contributed by atoms with E-state index < -0.39 is 49.5 Å². The molecule has 0 aliphatic carbocycles. The lowest BCUT2D eigenvalue weighted by atomic mass is 9.99. The fourth-order valence-electron chi connectivity index (χ4n) is 10.2. The Morgan fingerprint density at radius 2 is 0.873 bits per heavy atom. The van der Waals surface area contributed by atoms with E-state index in [1.807, 2.05) is 19.1 Å². The summed E-state index contributed by atoms with van der Waals surface area (Å²) in [6.45, 7) is 4.09. The lowest BCUT2D eigenvalue weighted by Gasteiger charge is -2.40. The summed E-state index contributed by atoms with van der Waals surface area (Å²) < 4.78 is 16.7. The quantitative estimate of drug-likeness (QED) is 0.0195. The van der Waals surface area contributed by atoms with Gasteiger partial charge in [-0.15, -0.1) is 0 Å². The van der Waals surface area contributed by atoms with Crippen LogP contribution >= 0.6 is 0 Å². The van der Waals surface area contributed by atoms with Gasteiger partial charge in [0.1, 0.15) is 24.4 Å². The van der Waals surface area contributed by atoms with Crippen molar-refractivity contribution in [3.63, 3.8) is 0 Å². The Morgan fingerprint density at radius 1 is 0.481 bits per heavy atom. The first-order valence-corrected chi connectivity index (χ1v) is 33.0. The fraction of sp³-hybridized carbons (Fsp3) is 0.824. The average Bonchev–Trinajstić information content (AvgIpc) is 3.46. The number of carbonyl (C=O) groups is 2. The number of unbranched alkanes of at least 4 members (excludes halogenated alkanes) is 36. The number of aliphatic hydroxyl groups is 5. The Balaban J connectivity index is 1.95. The van der Waals surface area contributed by atoms with E-state index in [-0.39, 0.29) is 18.5 Å². The van der Waals surface area contributed by atoms with Crippen LogP contribution in [-0.2, 0) is 23.8 Å². The smallest absolute Gasteiger partial charge is 0.305 e. The first-order valence-electron chi connectivity index (χ1n) is 33.0. The standard InChI is InChI=1S/C68H123NO10/c1-3-5-7-9-11-13-14-15-33-36-40-44-48-52-56-64(73)77-57-53-49-45-41-37-34-31-29-27-25-23-21-19-17-16-18-20-22-24-26-28-30-32-35-39-43-47-51-55-63(72)69-60(61(71)54-50-46-42-38-12-10-8-6-4-2)59-78-68-67(76)66(75)65(74)62(58-70)79-68/h4,6,12,14-17,38,50,54,60-62,65-68,70-71,74-76H,3,5,7-11,13,18-37,39-49,51-53,55-59H2,1-2H3,(H,69,72)/b6-4+,15-14-,17-16-,38-12+,54-50+. The zero-order chi connectivity index (χ0) is 57.3. The molecule has 1 saturated heterocycles. The highest BCUT2D eigenvalue weighted by Gasteiger charge is 2.44. The van der Waals surface area contributed by atoms with Crippen LogP contribution in [0.25, 0.3) is 0 Å². The minimum absolute atomic E-state index is 0.00288. The number of amides is 1. The van der Waals surface area contributed by atoms with Crippen molar-refractivity contribution in [1.29, 1.82) is 0 Å². The first kappa shape index (κ1) is 74.4. The maximum absolute atomic E-state index is 13.0. The molecule has 0 bridgehead atoms. The van der Waals surface area contributed by atoms with Crippen molar-refractivity contribution in [2.45, 2.75) is 339 Å². The summed E-state index contributed by atoms with van der Waals surface area (Å²) in [7, 11) is 0. The number of rotatable bonds is 57. The molecule has 0 spiro atoms. The third-order valence-corrected chi connectivity index (χ3v) is 15.4. The van der Waals surface area contributed by atoms with Crippen LogP contribution in [0.15, 0.2) is 60.8 Å². The molecule has 1 rings (SSSR count). The van der Waals surface area contributed by atoms with Gasteiger partial charge in [-0.2, -0.15) is 0 Å². The highest BCUT2D eigenvalue weighted by atomic mass is 16.7. The predicted octanol–water partition coefficient (Wildman–Crippen LogP) is 16.2. The maximum atomic E-state index is 13.0. The number of hydrogen-bond acceptors (Lipinski definition) is 10. The number of carbonyl (C=O) groups excluding carboxylic acids is 2. The summed E-state index contributed by atoms with van der Waals surface area (Å²) >= 11 is 0. The summed E-state index contributed by atoms with van der Waals surface area (Å²) in [5, 5.41) is 54.2. The van der Waals surface area contributed by atoms with E-state index in [4.69, 9.17) is 14.2 Å². The third-order valence-electron chi connectivity index (χ3n) is 15.4. The van der Waals surface area contributed by atoms with Crippen LogP contribution in [0.4, 0.5) is 0 Å². The van der Waals surface area contributed by atoms with Crippen molar-refractivity contribution >= 4 is 11.9 Å². The monoisotopic (exact) mass is 1110 g/mol. The molecular weight excluding hydrogens is 991 g/mol. The second-order valence-electron chi connectivity index (χ2n) is 22.8. The normalized spacial score (nSPS) is 18.8. The summed E-state index contributed by atoms with van der Waals surface area (Å²) in [6, 6.07) is -0.834. The van der Waals surface area contributed by atoms with Crippen molar-refractivity contribution in [3.8, 4) is 0 Å². The van der Waals surface area contributed by atoms with Crippen LogP contribution in [0.5, 0.6) is 0 Å². The molecule has 1 fully saturated rings. The number of esters is 1. The molecule has 1 aliphatic rings. The molecule has 0 aromatic carbocycles. The van der Waals surface area contributed by atoms with Crippen LogP contribution < -0.4 is 5.32 Å². The van der Waals surface area contributed by atoms with Crippen molar-refractivity contribution in [2.75, 3.05) is 19.8 Å². The molecule has 1 aliphatic heterocycles. The molecule has 79 heavy (non-hydrogen) atoms. The Labute approximate surface area is 484 Å². The van der Waals surface area contributed by atoms with E-state index in [1.54, 1.807) is 6.08 Å². The molecule has 6 N–H and O–H groups in total. The van der Waals surface area contributed by atoms with Crippen molar-refractivity contribution in [3.05, 3.63) is 60.8 Å². The number of nitrogens with one attached hydrogen (secondary N) is 1. The highest BCUT2D eigenvalue weighted by Crippen LogP contribution is 2.23. The van der Waals surface area contributed by atoms with E-state index in [0.29, 0.717) is 19.4 Å². The Morgan fingerprint density at radius 3 is 1.33 bits per heavy atom. The number of hydrogen-bond donors (Lipinski definition) is 6. The van der Waals surface area contributed by atoms with Gasteiger partial charge in [-0.1, -0.05) is 241 Å². The Hall–Kier alpha value is -2.64. The molecule has 0 radical (unpaired) electrons. The molecule has 1 amide bonds. The van der Waals surface area contributed by atoms with Gasteiger partial charge >= 0.3 is 5.97 Å². The summed E-state index contributed by atoms with van der Waals surface area (Å²) in [5.74, 6) is -0.203. The molecule has 7 atom stereocenters. The van der Waals surface area contributed by atoms with Gasteiger partial charge in [-0.25, -0.2) is 0 Å². The van der Waals surface area contributed by atoms with Crippen LogP contribution in [0.2, 0.25) is 0 Å². The molecule has 0 aromatic heterocycles. The topological polar surface area (TPSA) is 175 Å². The van der Waals surface area contributed by atoms with Gasteiger partial charge in [-0.3, -0.25) is 9.59 Å². The second-order valence-corrected chi connectivity index (χ2v) is 22.8. The van der Waals surface area contributed by atoms with Gasteiger partial charge < -0.3 is 45.1 Å². The summed E-state index contributed by atoms with van der Waals surface area (Å²) in [5.41, 5.74) is 0. The Kier molecular flexibility index (Phi) is 53.8. The van der Waals surface area contributed by atoms with Gasteiger partial charge in [0.25, 0.3) is 0 Å². The molecular formula is C68H123NO10. The van der Waals surface area contributed by atoms with Crippen LogP contribution in [0.3, 0.4) is 0 Å². The Bertz CT molecular complexity index is 1500. The minimum atomic E-state index is -1.58. The van der Waals surface area contributed by atoms with Gasteiger partial charge in [0.05, 0.1) is 32.0 Å². The van der Waals surface area contributed by atoms with Crippen molar-refractivity contribution in [2.24, 2.45) is 0 Å². The third kappa shape index (κ3) is 46.5. The maximum Gasteiger partial charge on any atom is 0.305 e. The number of allylic oxidation sites excluding steroid dienone is 9. The van der Waals surface area contributed by atoms with Gasteiger partial charge in [-0.05, 0) is 103 Å². The van der Waals surface area contributed by atoms with Gasteiger partial charge in [0.15, 0.2) is 6.29 Å². The highest BCUT2D eigenvalue weighted by molar-refractivity contribution is 5.76. The van der Waals surface area contributed by atoms with Crippen LogP contribution in [-0.4, -0.2) is 100 Å². The van der Waals surface area contributed by atoms with Crippen molar-refractivity contribution in [1.82, 2.24) is 5.32 Å². The van der Waals surface area contributed by atoms with Crippen LogP contribution in [0, 0.1) is 0 Å². The number of ether oxygens (including phenoxy) is 3. The molecule has 0 saturated carbocycles. The van der Waals surface area contributed by atoms with E-state index >= 15 is 0 Å². The van der Waals surface area contributed by atoms with E-state index in [2.05, 4.69) is 54.8 Å². The average molecular weight is 1110 g/mol. The van der Waals surface area contributed by atoms with E-state index in [0.717, 1.165) is 64.2 Å². The summed E-state index contributed by atoms with van der Waals surface area (Å²) in [6.07, 6.45) is 65.2. The van der Waals surface area contributed by atoms with Crippen LogP contribution in [0.1, 0.15) is 296 Å². The zero-order valence-electron chi connectivity index (χ0n) is 50.8. The molecule has 0 aromatic rings.